The van der Waals surface area contributed by atoms with Crippen LogP contribution in [0.3, 0.4) is 0 Å². The minimum Gasteiger partial charge on any atom is -0.484 e. The van der Waals surface area contributed by atoms with Gasteiger partial charge in [-0.3, -0.25) is 0 Å². The van der Waals surface area contributed by atoms with Crippen molar-refractivity contribution in [1.29, 1.82) is 0 Å². The van der Waals surface area contributed by atoms with Gasteiger partial charge in [0.15, 0.2) is 12.4 Å². The standard InChI is InChI=1S/C15H19N3O2/c1-11-5-4-6-12(9-11)19-10-13-17-14(18-20-13)15(16)7-2-3-8-15/h4-6,9H,2-3,7-8,10,16H2,1H3. The van der Waals surface area contributed by atoms with E-state index in [9.17, 15) is 0 Å². The molecular weight excluding hydrogens is 254 g/mol. The highest BCUT2D eigenvalue weighted by molar-refractivity contribution is 5.27. The van der Waals surface area contributed by atoms with E-state index in [1.807, 2.05) is 31.2 Å². The second kappa shape index (κ2) is 5.25. The molecule has 5 nitrogen and oxygen atoms in total. The summed E-state index contributed by atoms with van der Waals surface area (Å²) in [5, 5.41) is 4.01. The molecule has 0 atom stereocenters. The van der Waals surface area contributed by atoms with Gasteiger partial charge in [-0.25, -0.2) is 0 Å². The summed E-state index contributed by atoms with van der Waals surface area (Å²) >= 11 is 0. The second-order valence-corrected chi connectivity index (χ2v) is 5.48. The molecule has 0 aliphatic heterocycles. The molecule has 5 heteroatoms. The number of benzene rings is 1. The molecule has 3 rings (SSSR count). The lowest BCUT2D eigenvalue weighted by Crippen LogP contribution is -2.34. The average Bonchev–Trinajstić information content (AvgIpc) is 3.06. The first-order chi connectivity index (χ1) is 9.66. The monoisotopic (exact) mass is 273 g/mol. The summed E-state index contributed by atoms with van der Waals surface area (Å²) in [5.41, 5.74) is 7.04. The molecule has 1 fully saturated rings. The highest BCUT2D eigenvalue weighted by Gasteiger charge is 2.35. The summed E-state index contributed by atoms with van der Waals surface area (Å²) in [5.74, 6) is 1.88. The van der Waals surface area contributed by atoms with E-state index in [0.29, 0.717) is 11.7 Å². The SMILES string of the molecule is Cc1cccc(OCc2nc(C3(N)CCCC3)no2)c1. The molecule has 0 radical (unpaired) electrons. The van der Waals surface area contributed by atoms with Gasteiger partial charge in [-0.05, 0) is 37.5 Å². The molecule has 2 aromatic rings. The number of nitrogens with zero attached hydrogens (tertiary/aromatic N) is 2. The molecule has 0 amide bonds. The highest BCUT2D eigenvalue weighted by atomic mass is 16.5. The zero-order valence-electron chi connectivity index (χ0n) is 11.6. The predicted octanol–water partition coefficient (Wildman–Crippen LogP) is 2.69. The first-order valence-electron chi connectivity index (χ1n) is 6.97. The Morgan fingerprint density at radius 1 is 1.35 bits per heavy atom. The van der Waals surface area contributed by atoms with Gasteiger partial charge in [0, 0.05) is 0 Å². The fourth-order valence-corrected chi connectivity index (χ4v) is 2.60. The van der Waals surface area contributed by atoms with Gasteiger partial charge in [0.25, 0.3) is 5.89 Å². The number of hydrogen-bond donors (Lipinski definition) is 1. The van der Waals surface area contributed by atoms with Crippen LogP contribution >= 0.6 is 0 Å². The Hall–Kier alpha value is -1.88. The van der Waals surface area contributed by atoms with Crippen molar-refractivity contribution in [2.75, 3.05) is 0 Å². The van der Waals surface area contributed by atoms with Crippen molar-refractivity contribution in [3.63, 3.8) is 0 Å². The molecule has 1 aromatic carbocycles. The summed E-state index contributed by atoms with van der Waals surface area (Å²) in [6, 6.07) is 7.86. The molecular formula is C15H19N3O2. The van der Waals surface area contributed by atoms with Gasteiger partial charge in [0.2, 0.25) is 0 Å². The third-order valence-electron chi connectivity index (χ3n) is 3.76. The van der Waals surface area contributed by atoms with Crippen LogP contribution in [-0.4, -0.2) is 10.1 Å². The molecule has 20 heavy (non-hydrogen) atoms. The summed E-state index contributed by atoms with van der Waals surface area (Å²) < 4.78 is 10.9. The normalized spacial score (nSPS) is 17.3. The molecule has 1 saturated carbocycles. The summed E-state index contributed by atoms with van der Waals surface area (Å²) in [6.07, 6.45) is 4.09. The second-order valence-electron chi connectivity index (χ2n) is 5.48. The first-order valence-corrected chi connectivity index (χ1v) is 6.97. The van der Waals surface area contributed by atoms with Crippen molar-refractivity contribution in [2.24, 2.45) is 5.73 Å². The quantitative estimate of drug-likeness (QED) is 0.927. The van der Waals surface area contributed by atoms with E-state index in [1.54, 1.807) is 0 Å². The number of nitrogens with two attached hydrogens (primary N) is 1. The Balaban J connectivity index is 1.65. The fourth-order valence-electron chi connectivity index (χ4n) is 2.60. The van der Waals surface area contributed by atoms with Gasteiger partial charge in [-0.15, -0.1) is 0 Å². The third kappa shape index (κ3) is 2.67. The maximum atomic E-state index is 6.30. The lowest BCUT2D eigenvalue weighted by Gasteiger charge is -2.17. The van der Waals surface area contributed by atoms with Crippen molar-refractivity contribution >= 4 is 0 Å². The van der Waals surface area contributed by atoms with Gasteiger partial charge in [-0.1, -0.05) is 30.1 Å². The average molecular weight is 273 g/mol. The van der Waals surface area contributed by atoms with Crippen LogP contribution in [0.1, 0.15) is 43.0 Å². The van der Waals surface area contributed by atoms with E-state index in [2.05, 4.69) is 10.1 Å². The molecule has 2 N–H and O–H groups in total. The Kier molecular flexibility index (Phi) is 3.44. The number of hydrogen-bond acceptors (Lipinski definition) is 5. The minimum atomic E-state index is -0.412. The molecule has 0 bridgehead atoms. The lowest BCUT2D eigenvalue weighted by atomic mass is 9.99. The molecule has 106 valence electrons. The highest BCUT2D eigenvalue weighted by Crippen LogP contribution is 2.34. The number of aromatic nitrogens is 2. The predicted molar refractivity (Wildman–Crippen MR) is 74.1 cm³/mol. The van der Waals surface area contributed by atoms with Crippen molar-refractivity contribution in [3.8, 4) is 5.75 Å². The molecule has 1 aliphatic rings. The Labute approximate surface area is 118 Å². The molecule has 0 spiro atoms. The number of rotatable bonds is 4. The van der Waals surface area contributed by atoms with Crippen molar-refractivity contribution < 1.29 is 9.26 Å². The molecule has 1 heterocycles. The maximum absolute atomic E-state index is 6.30. The summed E-state index contributed by atoms with van der Waals surface area (Å²) in [4.78, 5) is 4.37. The third-order valence-corrected chi connectivity index (χ3v) is 3.76. The zero-order valence-corrected chi connectivity index (χ0v) is 11.6. The molecule has 0 saturated heterocycles. The van der Waals surface area contributed by atoms with Gasteiger partial charge >= 0.3 is 0 Å². The Morgan fingerprint density at radius 3 is 2.90 bits per heavy atom. The van der Waals surface area contributed by atoms with E-state index in [4.69, 9.17) is 15.0 Å². The van der Waals surface area contributed by atoms with Crippen molar-refractivity contribution in [3.05, 3.63) is 41.5 Å². The van der Waals surface area contributed by atoms with Crippen LogP contribution in [0.2, 0.25) is 0 Å². The molecule has 1 aliphatic carbocycles. The van der Waals surface area contributed by atoms with E-state index in [1.165, 1.54) is 0 Å². The molecule has 0 unspecified atom stereocenters. The van der Waals surface area contributed by atoms with Crippen molar-refractivity contribution in [1.82, 2.24) is 10.1 Å². The number of ether oxygens (including phenoxy) is 1. The fraction of sp³-hybridized carbons (Fsp3) is 0.467. The van der Waals surface area contributed by atoms with Crippen LogP contribution in [0, 0.1) is 6.92 Å². The number of aryl methyl sites for hydroxylation is 1. The molecule has 1 aromatic heterocycles. The maximum Gasteiger partial charge on any atom is 0.264 e. The smallest absolute Gasteiger partial charge is 0.264 e. The Morgan fingerprint density at radius 2 is 2.15 bits per heavy atom. The van der Waals surface area contributed by atoms with E-state index < -0.39 is 5.54 Å². The van der Waals surface area contributed by atoms with Crippen LogP contribution in [-0.2, 0) is 12.1 Å². The lowest BCUT2D eigenvalue weighted by molar-refractivity contribution is 0.241. The minimum absolute atomic E-state index is 0.270. The van der Waals surface area contributed by atoms with E-state index in [-0.39, 0.29) is 6.61 Å². The summed E-state index contributed by atoms with van der Waals surface area (Å²) in [6.45, 7) is 2.29. The summed E-state index contributed by atoms with van der Waals surface area (Å²) in [7, 11) is 0. The van der Waals surface area contributed by atoms with Gasteiger partial charge in [-0.2, -0.15) is 4.98 Å². The van der Waals surface area contributed by atoms with Crippen LogP contribution < -0.4 is 10.5 Å². The van der Waals surface area contributed by atoms with Gasteiger partial charge < -0.3 is 15.0 Å². The van der Waals surface area contributed by atoms with Crippen LogP contribution in [0.5, 0.6) is 5.75 Å². The van der Waals surface area contributed by atoms with Gasteiger partial charge in [0.1, 0.15) is 5.75 Å². The Bertz CT molecular complexity index is 588. The van der Waals surface area contributed by atoms with E-state index >= 15 is 0 Å². The van der Waals surface area contributed by atoms with E-state index in [0.717, 1.165) is 37.0 Å². The van der Waals surface area contributed by atoms with Crippen LogP contribution in [0.25, 0.3) is 0 Å². The van der Waals surface area contributed by atoms with Crippen LogP contribution in [0.4, 0.5) is 0 Å². The first kappa shape index (κ1) is 13.1. The zero-order chi connectivity index (χ0) is 14.0. The topological polar surface area (TPSA) is 74.2 Å². The van der Waals surface area contributed by atoms with Crippen molar-refractivity contribution in [2.45, 2.75) is 44.8 Å². The largest absolute Gasteiger partial charge is 0.484 e. The van der Waals surface area contributed by atoms with Crippen LogP contribution in [0.15, 0.2) is 28.8 Å². The van der Waals surface area contributed by atoms with Gasteiger partial charge in [0.05, 0.1) is 5.54 Å².